The maximum atomic E-state index is 11.8. The van der Waals surface area contributed by atoms with Crippen molar-refractivity contribution >= 4 is 29.9 Å². The molecule has 0 saturated carbocycles. The molecule has 0 bridgehead atoms. The molecule has 0 aromatic heterocycles. The van der Waals surface area contributed by atoms with Gasteiger partial charge in [0.25, 0.3) is 0 Å². The van der Waals surface area contributed by atoms with Gasteiger partial charge >= 0.3 is 0 Å². The van der Waals surface area contributed by atoms with Crippen LogP contribution in [0.1, 0.15) is 74.7 Å². The van der Waals surface area contributed by atoms with E-state index in [0.29, 0.717) is 18.7 Å². The first-order valence-corrected chi connectivity index (χ1v) is 11.1. The van der Waals surface area contributed by atoms with Gasteiger partial charge in [-0.2, -0.15) is 0 Å². The fourth-order valence-electron chi connectivity index (χ4n) is 2.79. The summed E-state index contributed by atoms with van der Waals surface area (Å²) in [6.07, 6.45) is 1.88. The Morgan fingerprint density at radius 1 is 0.875 bits per heavy atom. The maximum Gasteiger partial charge on any atom is 0.242 e. The summed E-state index contributed by atoms with van der Waals surface area (Å²) in [7, 11) is 0. The van der Waals surface area contributed by atoms with Crippen LogP contribution in [0.5, 0.6) is 0 Å². The first-order chi connectivity index (χ1) is 14.7. The third-order valence-corrected chi connectivity index (χ3v) is 4.34. The van der Waals surface area contributed by atoms with Crippen molar-refractivity contribution < 1.29 is 24.0 Å². The standard InChI is InChI=1S/C13H26N4O3.C9H17NO2/c1-7(2)15-9(4)13(20)17-10(5)12(19)16-8(3)6-11(14)18;1-4-9(12)8(10-6-11)5-7(2)3/h7-10,15H,6H2,1-5H3,(H2,14,18)(H,16,19)(H,17,20);6-8H,4-5H2,1-3H3,(H,10,11). The quantitative estimate of drug-likeness (QED) is 0.237. The first kappa shape index (κ1) is 31.7. The number of nitrogens with two attached hydrogens (primary N) is 1. The molecule has 0 fully saturated rings. The Morgan fingerprint density at radius 2 is 1.41 bits per heavy atom. The molecule has 0 aliphatic heterocycles. The Hall–Kier alpha value is -2.49. The van der Waals surface area contributed by atoms with Crippen LogP contribution in [-0.2, 0) is 24.0 Å². The Kier molecular flexibility index (Phi) is 16.9. The number of amides is 4. The van der Waals surface area contributed by atoms with E-state index < -0.39 is 11.9 Å². The number of rotatable bonds is 14. The minimum Gasteiger partial charge on any atom is -0.370 e. The molecule has 4 amide bonds. The SMILES string of the molecule is CC(C)NC(C)C(=O)NC(C)C(=O)NC(C)CC(N)=O.CCC(=O)C(CC(C)C)NC=O. The molecule has 10 heteroatoms. The largest absolute Gasteiger partial charge is 0.370 e. The molecule has 0 spiro atoms. The summed E-state index contributed by atoms with van der Waals surface area (Å²) in [5.74, 6) is -0.536. The number of hydrogen-bond acceptors (Lipinski definition) is 6. The molecule has 0 radical (unpaired) electrons. The fraction of sp³-hybridized carbons (Fsp3) is 0.773. The molecule has 4 unspecified atom stereocenters. The van der Waals surface area contributed by atoms with Crippen molar-refractivity contribution in [3.63, 3.8) is 0 Å². The Bertz CT molecular complexity index is 610. The van der Waals surface area contributed by atoms with Crippen molar-refractivity contribution in [2.24, 2.45) is 11.7 Å². The van der Waals surface area contributed by atoms with Gasteiger partial charge in [-0.05, 0) is 33.1 Å². The Labute approximate surface area is 192 Å². The number of nitrogens with one attached hydrogen (secondary N) is 4. The van der Waals surface area contributed by atoms with Crippen LogP contribution in [-0.4, -0.2) is 60.1 Å². The average molecular weight is 458 g/mol. The molecule has 6 N–H and O–H groups in total. The van der Waals surface area contributed by atoms with Gasteiger partial charge < -0.3 is 27.0 Å². The van der Waals surface area contributed by atoms with E-state index in [1.54, 1.807) is 20.8 Å². The summed E-state index contributed by atoms with van der Waals surface area (Å²) >= 11 is 0. The second kappa shape index (κ2) is 17.1. The van der Waals surface area contributed by atoms with Gasteiger partial charge in [0.1, 0.15) is 6.04 Å². The summed E-state index contributed by atoms with van der Waals surface area (Å²) in [6, 6.07) is -1.52. The minimum absolute atomic E-state index is 0.0672. The number of primary amides is 1. The predicted octanol–water partition coefficient (Wildman–Crippen LogP) is 0.384. The van der Waals surface area contributed by atoms with E-state index in [2.05, 4.69) is 21.3 Å². The highest BCUT2D eigenvalue weighted by atomic mass is 16.2. The lowest BCUT2D eigenvalue weighted by Gasteiger charge is -2.21. The van der Waals surface area contributed by atoms with Gasteiger partial charge in [-0.25, -0.2) is 0 Å². The highest BCUT2D eigenvalue weighted by Gasteiger charge is 2.21. The van der Waals surface area contributed by atoms with E-state index in [1.165, 1.54) is 0 Å². The summed E-state index contributed by atoms with van der Waals surface area (Å²) < 4.78 is 0. The summed E-state index contributed by atoms with van der Waals surface area (Å²) in [4.78, 5) is 55.7. The highest BCUT2D eigenvalue weighted by Crippen LogP contribution is 2.06. The average Bonchev–Trinajstić information content (AvgIpc) is 2.65. The maximum absolute atomic E-state index is 11.8. The topological polar surface area (TPSA) is 159 Å². The van der Waals surface area contributed by atoms with Crippen molar-refractivity contribution in [3.05, 3.63) is 0 Å². The smallest absolute Gasteiger partial charge is 0.242 e. The van der Waals surface area contributed by atoms with E-state index in [0.717, 1.165) is 6.42 Å². The molecule has 32 heavy (non-hydrogen) atoms. The van der Waals surface area contributed by atoms with Crippen molar-refractivity contribution in [2.45, 2.75) is 105 Å². The molecular formula is C22H43N5O5. The van der Waals surface area contributed by atoms with Crippen LogP contribution < -0.4 is 27.0 Å². The van der Waals surface area contributed by atoms with Gasteiger partial charge in [0.05, 0.1) is 12.1 Å². The number of carbonyl (C=O) groups is 5. The molecule has 186 valence electrons. The molecule has 0 aromatic rings. The summed E-state index contributed by atoms with van der Waals surface area (Å²) in [5.41, 5.74) is 5.04. The third kappa shape index (κ3) is 16.2. The zero-order valence-electron chi connectivity index (χ0n) is 20.8. The van der Waals surface area contributed by atoms with E-state index in [9.17, 15) is 24.0 Å². The molecule has 0 heterocycles. The third-order valence-electron chi connectivity index (χ3n) is 4.34. The number of hydrogen-bond donors (Lipinski definition) is 5. The number of ketones is 1. The van der Waals surface area contributed by atoms with Crippen LogP contribution in [0.3, 0.4) is 0 Å². The minimum atomic E-state index is -0.672. The zero-order valence-corrected chi connectivity index (χ0v) is 20.8. The lowest BCUT2D eigenvalue weighted by atomic mass is 9.99. The Morgan fingerprint density at radius 3 is 1.81 bits per heavy atom. The predicted molar refractivity (Wildman–Crippen MR) is 124 cm³/mol. The molecular weight excluding hydrogens is 414 g/mol. The van der Waals surface area contributed by atoms with Gasteiger partial charge in [0, 0.05) is 24.9 Å². The Balaban J connectivity index is 0. The van der Waals surface area contributed by atoms with E-state index in [4.69, 9.17) is 5.73 Å². The van der Waals surface area contributed by atoms with Crippen molar-refractivity contribution in [3.8, 4) is 0 Å². The van der Waals surface area contributed by atoms with Gasteiger partial charge in [-0.1, -0.05) is 34.6 Å². The normalized spacial score (nSPS) is 14.3. The van der Waals surface area contributed by atoms with E-state index in [1.807, 2.05) is 34.6 Å². The lowest BCUT2D eigenvalue weighted by Crippen LogP contribution is -2.53. The number of carbonyl (C=O) groups excluding carboxylic acids is 5. The van der Waals surface area contributed by atoms with Gasteiger partial charge in [-0.15, -0.1) is 0 Å². The molecule has 0 aromatic carbocycles. The van der Waals surface area contributed by atoms with Gasteiger partial charge in [0.2, 0.25) is 24.1 Å². The van der Waals surface area contributed by atoms with Gasteiger partial charge in [-0.3, -0.25) is 24.0 Å². The van der Waals surface area contributed by atoms with Crippen molar-refractivity contribution in [1.29, 1.82) is 0 Å². The van der Waals surface area contributed by atoms with Crippen LogP contribution in [0.2, 0.25) is 0 Å². The first-order valence-electron chi connectivity index (χ1n) is 11.1. The molecule has 0 aliphatic carbocycles. The molecule has 4 atom stereocenters. The van der Waals surface area contributed by atoms with Crippen LogP contribution in [0.4, 0.5) is 0 Å². The van der Waals surface area contributed by atoms with Gasteiger partial charge in [0.15, 0.2) is 5.78 Å². The van der Waals surface area contributed by atoms with E-state index >= 15 is 0 Å². The van der Waals surface area contributed by atoms with Crippen molar-refractivity contribution in [2.75, 3.05) is 0 Å². The number of Topliss-reactive ketones (excluding diaryl/α,β-unsaturated/α-hetero) is 1. The van der Waals surface area contributed by atoms with Crippen LogP contribution in [0.25, 0.3) is 0 Å². The molecule has 0 rings (SSSR count). The highest BCUT2D eigenvalue weighted by molar-refractivity contribution is 5.89. The summed E-state index contributed by atoms with van der Waals surface area (Å²) in [6.45, 7) is 14.7. The van der Waals surface area contributed by atoms with Crippen LogP contribution >= 0.6 is 0 Å². The lowest BCUT2D eigenvalue weighted by molar-refractivity contribution is -0.130. The van der Waals surface area contributed by atoms with Crippen LogP contribution in [0, 0.1) is 5.92 Å². The van der Waals surface area contributed by atoms with E-state index in [-0.39, 0.29) is 48.2 Å². The zero-order chi connectivity index (χ0) is 25.4. The second-order valence-electron chi connectivity index (χ2n) is 8.64. The monoisotopic (exact) mass is 457 g/mol. The molecule has 10 nitrogen and oxygen atoms in total. The van der Waals surface area contributed by atoms with Crippen LogP contribution in [0.15, 0.2) is 0 Å². The second-order valence-corrected chi connectivity index (χ2v) is 8.64. The molecule has 0 saturated heterocycles. The fourth-order valence-corrected chi connectivity index (χ4v) is 2.79. The van der Waals surface area contributed by atoms with Crippen molar-refractivity contribution in [1.82, 2.24) is 21.3 Å². The summed E-state index contributed by atoms with van der Waals surface area (Å²) in [5, 5.41) is 10.8. The molecule has 0 aliphatic rings.